The Morgan fingerprint density at radius 2 is 2.15 bits per heavy atom. The summed E-state index contributed by atoms with van der Waals surface area (Å²) in [7, 11) is 5.61. The molecule has 1 fully saturated rings. The highest BCUT2D eigenvalue weighted by Crippen LogP contribution is 2.21. The Labute approximate surface area is 162 Å². The van der Waals surface area contributed by atoms with Gasteiger partial charge in [0.1, 0.15) is 11.1 Å². The molecule has 1 aromatic heterocycles. The molecule has 3 unspecified atom stereocenters. The van der Waals surface area contributed by atoms with E-state index in [9.17, 15) is 0 Å². The molecular weight excluding hydrogens is 346 g/mol. The molecule has 1 aliphatic rings. The van der Waals surface area contributed by atoms with Gasteiger partial charge < -0.3 is 19.9 Å². The molecule has 0 aliphatic carbocycles. The van der Waals surface area contributed by atoms with Crippen molar-refractivity contribution in [1.29, 1.82) is 0 Å². The fraction of sp³-hybridized carbons (Fsp3) is 0.789. The van der Waals surface area contributed by atoms with Gasteiger partial charge in [0, 0.05) is 52.8 Å². The van der Waals surface area contributed by atoms with E-state index < -0.39 is 0 Å². The standard InChI is InChI=1S/C19H35N5OS/c1-14-9-15(2)11-24(10-14)8-7-21-19(20-4)23(5)12-17-13-26-18(22-17)16(3)25-6/h13-16H,7-12H2,1-6H3,(H,20,21). The van der Waals surface area contributed by atoms with Crippen molar-refractivity contribution in [3.8, 4) is 0 Å². The Kier molecular flexibility index (Phi) is 8.31. The number of hydrogen-bond donors (Lipinski definition) is 1. The van der Waals surface area contributed by atoms with Crippen LogP contribution in [-0.2, 0) is 11.3 Å². The number of hydrogen-bond acceptors (Lipinski definition) is 5. The minimum absolute atomic E-state index is 0.0471. The second-order valence-electron chi connectivity index (χ2n) is 7.59. The zero-order chi connectivity index (χ0) is 19.1. The summed E-state index contributed by atoms with van der Waals surface area (Å²) in [4.78, 5) is 13.8. The first kappa shape index (κ1) is 21.1. The van der Waals surface area contributed by atoms with Crippen molar-refractivity contribution in [2.45, 2.75) is 39.8 Å². The van der Waals surface area contributed by atoms with E-state index in [-0.39, 0.29) is 6.10 Å². The van der Waals surface area contributed by atoms with Gasteiger partial charge in [-0.25, -0.2) is 4.98 Å². The molecule has 7 heteroatoms. The number of rotatable bonds is 7. The number of nitrogens with one attached hydrogen (secondary N) is 1. The van der Waals surface area contributed by atoms with Gasteiger partial charge in [-0.3, -0.25) is 4.99 Å². The van der Waals surface area contributed by atoms with Crippen molar-refractivity contribution in [2.24, 2.45) is 16.8 Å². The van der Waals surface area contributed by atoms with Gasteiger partial charge in [-0.1, -0.05) is 13.8 Å². The highest BCUT2D eigenvalue weighted by Gasteiger charge is 2.21. The number of guanidine groups is 1. The maximum absolute atomic E-state index is 5.34. The Hall–Kier alpha value is -1.18. The lowest BCUT2D eigenvalue weighted by Gasteiger charge is -2.35. The zero-order valence-corrected chi connectivity index (χ0v) is 18.0. The molecule has 1 aromatic rings. The highest BCUT2D eigenvalue weighted by atomic mass is 32.1. The molecular formula is C19H35N5OS. The predicted octanol–water partition coefficient (Wildman–Crippen LogP) is 2.84. The van der Waals surface area contributed by atoms with Gasteiger partial charge in [-0.2, -0.15) is 0 Å². The summed E-state index contributed by atoms with van der Waals surface area (Å²) in [5.74, 6) is 2.51. The summed E-state index contributed by atoms with van der Waals surface area (Å²) in [6.45, 7) is 11.9. The molecule has 2 rings (SSSR count). The number of thiazole rings is 1. The number of aromatic nitrogens is 1. The quantitative estimate of drug-likeness (QED) is 0.581. The Morgan fingerprint density at radius 3 is 2.77 bits per heavy atom. The van der Waals surface area contributed by atoms with Crippen LogP contribution in [0.1, 0.15) is 44.0 Å². The van der Waals surface area contributed by atoms with Crippen molar-refractivity contribution < 1.29 is 4.74 Å². The smallest absolute Gasteiger partial charge is 0.193 e. The van der Waals surface area contributed by atoms with Gasteiger partial charge in [0.2, 0.25) is 0 Å². The molecule has 148 valence electrons. The zero-order valence-electron chi connectivity index (χ0n) is 17.2. The Balaban J connectivity index is 1.79. The number of nitrogens with zero attached hydrogens (tertiary/aromatic N) is 4. The van der Waals surface area contributed by atoms with Crippen LogP contribution >= 0.6 is 11.3 Å². The lowest BCUT2D eigenvalue weighted by Crippen LogP contribution is -2.45. The second kappa shape index (κ2) is 10.2. The SMILES string of the molecule is CN=C(NCCN1CC(C)CC(C)C1)N(C)Cc1csc(C(C)OC)n1. The molecule has 0 bridgehead atoms. The number of aliphatic imine (C=N–C) groups is 1. The average molecular weight is 382 g/mol. The topological polar surface area (TPSA) is 53.0 Å². The lowest BCUT2D eigenvalue weighted by molar-refractivity contribution is 0.119. The molecule has 0 radical (unpaired) electrons. The third-order valence-electron chi connectivity index (χ3n) is 4.90. The second-order valence-corrected chi connectivity index (χ2v) is 8.48. The van der Waals surface area contributed by atoms with E-state index >= 15 is 0 Å². The third kappa shape index (κ3) is 6.21. The van der Waals surface area contributed by atoms with Gasteiger partial charge in [0.05, 0.1) is 12.2 Å². The Bertz CT molecular complexity index is 566. The largest absolute Gasteiger partial charge is 0.375 e. The molecule has 26 heavy (non-hydrogen) atoms. The van der Waals surface area contributed by atoms with Gasteiger partial charge in [-0.15, -0.1) is 11.3 Å². The minimum Gasteiger partial charge on any atom is -0.375 e. The van der Waals surface area contributed by atoms with Crippen molar-refractivity contribution in [1.82, 2.24) is 20.1 Å². The monoisotopic (exact) mass is 381 g/mol. The summed E-state index contributed by atoms with van der Waals surface area (Å²) in [6.07, 6.45) is 1.40. The van der Waals surface area contributed by atoms with Crippen molar-refractivity contribution in [2.75, 3.05) is 47.4 Å². The van der Waals surface area contributed by atoms with Gasteiger partial charge in [0.15, 0.2) is 5.96 Å². The molecule has 2 heterocycles. The molecule has 0 spiro atoms. The van der Waals surface area contributed by atoms with E-state index in [2.05, 4.69) is 51.4 Å². The first-order valence-corrected chi connectivity index (χ1v) is 10.4. The van der Waals surface area contributed by atoms with Crippen LogP contribution in [0.3, 0.4) is 0 Å². The van der Waals surface area contributed by atoms with Crippen LogP contribution < -0.4 is 5.32 Å². The maximum atomic E-state index is 5.34. The minimum atomic E-state index is 0.0471. The maximum Gasteiger partial charge on any atom is 0.193 e. The molecule has 3 atom stereocenters. The molecule has 1 saturated heterocycles. The van der Waals surface area contributed by atoms with E-state index in [0.717, 1.165) is 48.1 Å². The van der Waals surface area contributed by atoms with Crippen LogP contribution in [0.5, 0.6) is 0 Å². The number of ether oxygens (including phenoxy) is 1. The molecule has 1 aliphatic heterocycles. The summed E-state index contributed by atoms with van der Waals surface area (Å²) >= 11 is 1.65. The number of likely N-dealkylation sites (tertiary alicyclic amines) is 1. The van der Waals surface area contributed by atoms with Gasteiger partial charge in [0.25, 0.3) is 0 Å². The fourth-order valence-electron chi connectivity index (χ4n) is 3.69. The summed E-state index contributed by atoms with van der Waals surface area (Å²) in [5.41, 5.74) is 1.05. The molecule has 6 nitrogen and oxygen atoms in total. The summed E-state index contributed by atoms with van der Waals surface area (Å²) in [6, 6.07) is 0. The van der Waals surface area contributed by atoms with Crippen molar-refractivity contribution in [3.05, 3.63) is 16.1 Å². The first-order valence-electron chi connectivity index (χ1n) is 9.54. The normalized spacial score (nSPS) is 23.1. The Morgan fingerprint density at radius 1 is 1.46 bits per heavy atom. The molecule has 0 amide bonds. The third-order valence-corrected chi connectivity index (χ3v) is 5.95. The van der Waals surface area contributed by atoms with E-state index in [1.807, 2.05) is 14.0 Å². The van der Waals surface area contributed by atoms with Crippen LogP contribution in [0.4, 0.5) is 0 Å². The van der Waals surface area contributed by atoms with Crippen LogP contribution in [0.25, 0.3) is 0 Å². The van der Waals surface area contributed by atoms with Crippen LogP contribution in [-0.4, -0.2) is 68.1 Å². The number of piperidine rings is 1. The van der Waals surface area contributed by atoms with Crippen LogP contribution in [0.15, 0.2) is 10.4 Å². The van der Waals surface area contributed by atoms with E-state index in [1.165, 1.54) is 19.5 Å². The summed E-state index contributed by atoms with van der Waals surface area (Å²) < 4.78 is 5.34. The van der Waals surface area contributed by atoms with E-state index in [1.54, 1.807) is 18.4 Å². The molecule has 0 aromatic carbocycles. The first-order chi connectivity index (χ1) is 12.4. The molecule has 0 saturated carbocycles. The highest BCUT2D eigenvalue weighted by molar-refractivity contribution is 7.09. The predicted molar refractivity (Wildman–Crippen MR) is 110 cm³/mol. The van der Waals surface area contributed by atoms with Gasteiger partial charge in [-0.05, 0) is 25.2 Å². The van der Waals surface area contributed by atoms with E-state index in [0.29, 0.717) is 0 Å². The fourth-order valence-corrected chi connectivity index (χ4v) is 4.53. The van der Waals surface area contributed by atoms with Crippen LogP contribution in [0.2, 0.25) is 0 Å². The summed E-state index contributed by atoms with van der Waals surface area (Å²) in [5, 5.41) is 6.62. The van der Waals surface area contributed by atoms with Crippen LogP contribution in [0, 0.1) is 11.8 Å². The molecule has 1 N–H and O–H groups in total. The van der Waals surface area contributed by atoms with Crippen molar-refractivity contribution in [3.63, 3.8) is 0 Å². The number of methoxy groups -OCH3 is 1. The van der Waals surface area contributed by atoms with Crippen molar-refractivity contribution >= 4 is 17.3 Å². The average Bonchev–Trinajstić information content (AvgIpc) is 3.05. The van der Waals surface area contributed by atoms with Gasteiger partial charge >= 0.3 is 0 Å². The lowest BCUT2D eigenvalue weighted by atomic mass is 9.92. The van der Waals surface area contributed by atoms with E-state index in [4.69, 9.17) is 4.74 Å².